The van der Waals surface area contributed by atoms with Crippen molar-refractivity contribution in [1.82, 2.24) is 4.98 Å². The summed E-state index contributed by atoms with van der Waals surface area (Å²) in [5.74, 6) is 0.287. The lowest BCUT2D eigenvalue weighted by Gasteiger charge is -2.12. The van der Waals surface area contributed by atoms with Crippen molar-refractivity contribution in [3.63, 3.8) is 0 Å². The minimum Gasteiger partial charge on any atom is -0.493 e. The smallest absolute Gasteiger partial charge is 0.352 e. The van der Waals surface area contributed by atoms with E-state index in [1.807, 2.05) is 0 Å². The molecule has 2 N–H and O–H groups in total. The molecule has 2 aromatic rings. The number of H-pyrrole nitrogens is 1. The monoisotopic (exact) mass is 287 g/mol. The third-order valence-corrected chi connectivity index (χ3v) is 2.65. The van der Waals surface area contributed by atoms with Gasteiger partial charge in [-0.05, 0) is 12.1 Å². The maximum atomic E-state index is 10.9. The number of nitrogens with one attached hydrogen (secondary N) is 1. The van der Waals surface area contributed by atoms with Crippen molar-refractivity contribution in [1.29, 1.82) is 0 Å². The van der Waals surface area contributed by atoms with Crippen LogP contribution in [-0.2, 0) is 0 Å². The first-order chi connectivity index (χ1) is 8.62. The van der Waals surface area contributed by atoms with E-state index in [2.05, 4.69) is 4.98 Å². The Hall–Kier alpha value is -2.08. The first-order valence-electron chi connectivity index (χ1n) is 5.17. The van der Waals surface area contributed by atoms with E-state index in [9.17, 15) is 4.79 Å². The lowest BCUT2D eigenvalue weighted by molar-refractivity contribution is 0.0691. The van der Waals surface area contributed by atoms with Crippen LogP contribution in [-0.4, -0.2) is 37.4 Å². The summed E-state index contributed by atoms with van der Waals surface area (Å²) in [5.41, 5.74) is 0.645. The second-order valence-corrected chi connectivity index (χ2v) is 3.60. The Morgan fingerprint density at radius 3 is 2.21 bits per heavy atom. The van der Waals surface area contributed by atoms with E-state index in [1.165, 1.54) is 27.4 Å². The molecule has 0 unspecified atom stereocenters. The molecular formula is C12H14ClNO5. The normalized spacial score (nSPS) is 9.84. The van der Waals surface area contributed by atoms with E-state index in [-0.39, 0.29) is 18.1 Å². The molecule has 0 aliphatic carbocycles. The molecule has 0 spiro atoms. The molecule has 19 heavy (non-hydrogen) atoms. The molecule has 1 aromatic carbocycles. The molecule has 0 saturated heterocycles. The number of aromatic nitrogens is 1. The average Bonchev–Trinajstić information content (AvgIpc) is 2.79. The number of ether oxygens (including phenoxy) is 3. The van der Waals surface area contributed by atoms with Crippen LogP contribution in [0.15, 0.2) is 12.1 Å². The van der Waals surface area contributed by atoms with Gasteiger partial charge in [-0.15, -0.1) is 12.4 Å². The van der Waals surface area contributed by atoms with Crippen LogP contribution in [0, 0.1) is 0 Å². The lowest BCUT2D eigenvalue weighted by atomic mass is 10.2. The summed E-state index contributed by atoms with van der Waals surface area (Å²) in [7, 11) is 4.49. The van der Waals surface area contributed by atoms with Gasteiger partial charge in [0.05, 0.1) is 26.8 Å². The predicted octanol–water partition coefficient (Wildman–Crippen LogP) is 2.31. The molecule has 0 aliphatic heterocycles. The summed E-state index contributed by atoms with van der Waals surface area (Å²) in [6.45, 7) is 0. The van der Waals surface area contributed by atoms with Crippen LogP contribution in [0.1, 0.15) is 10.5 Å². The van der Waals surface area contributed by atoms with Gasteiger partial charge in [0.25, 0.3) is 0 Å². The Morgan fingerprint density at radius 1 is 1.11 bits per heavy atom. The fourth-order valence-corrected chi connectivity index (χ4v) is 1.86. The molecular weight excluding hydrogens is 274 g/mol. The molecule has 1 aromatic heterocycles. The largest absolute Gasteiger partial charge is 0.493 e. The van der Waals surface area contributed by atoms with Crippen LogP contribution >= 0.6 is 12.4 Å². The van der Waals surface area contributed by atoms with Crippen LogP contribution in [0.25, 0.3) is 10.9 Å². The van der Waals surface area contributed by atoms with Gasteiger partial charge in [0.15, 0.2) is 11.5 Å². The van der Waals surface area contributed by atoms with E-state index < -0.39 is 5.97 Å². The second-order valence-electron chi connectivity index (χ2n) is 3.60. The van der Waals surface area contributed by atoms with Crippen LogP contribution in [0.3, 0.4) is 0 Å². The maximum absolute atomic E-state index is 10.9. The summed E-state index contributed by atoms with van der Waals surface area (Å²) in [5, 5.41) is 9.65. The molecule has 6 nitrogen and oxygen atoms in total. The number of carboxylic acid groups (broad SMARTS) is 1. The van der Waals surface area contributed by atoms with Crippen molar-refractivity contribution in [2.45, 2.75) is 0 Å². The molecule has 0 aliphatic rings. The quantitative estimate of drug-likeness (QED) is 0.902. The topological polar surface area (TPSA) is 80.8 Å². The molecule has 0 radical (unpaired) electrons. The van der Waals surface area contributed by atoms with Gasteiger partial charge in [0.1, 0.15) is 5.69 Å². The number of carbonyl (C=O) groups is 1. The molecule has 104 valence electrons. The number of hydrogen-bond donors (Lipinski definition) is 2. The summed E-state index contributed by atoms with van der Waals surface area (Å²) in [4.78, 5) is 13.7. The number of hydrogen-bond acceptors (Lipinski definition) is 4. The maximum Gasteiger partial charge on any atom is 0.352 e. The number of fused-ring (bicyclic) bond motifs is 1. The third kappa shape index (κ3) is 2.39. The Kier molecular flexibility index (Phi) is 4.50. The highest BCUT2D eigenvalue weighted by Crippen LogP contribution is 2.43. The zero-order valence-corrected chi connectivity index (χ0v) is 11.5. The van der Waals surface area contributed by atoms with Crippen LogP contribution in [0.2, 0.25) is 0 Å². The van der Waals surface area contributed by atoms with Gasteiger partial charge in [-0.2, -0.15) is 0 Å². The lowest BCUT2D eigenvalue weighted by Crippen LogP contribution is -1.96. The molecule has 0 saturated carbocycles. The van der Waals surface area contributed by atoms with E-state index in [4.69, 9.17) is 19.3 Å². The minimum atomic E-state index is -1.04. The van der Waals surface area contributed by atoms with E-state index in [1.54, 1.807) is 6.07 Å². The first-order valence-corrected chi connectivity index (χ1v) is 5.17. The molecule has 0 amide bonds. The van der Waals surface area contributed by atoms with Crippen molar-refractivity contribution >= 4 is 29.3 Å². The number of rotatable bonds is 4. The van der Waals surface area contributed by atoms with Gasteiger partial charge < -0.3 is 24.3 Å². The molecule has 7 heteroatoms. The van der Waals surface area contributed by atoms with Crippen molar-refractivity contribution < 1.29 is 24.1 Å². The standard InChI is InChI=1S/C12H13NO5.ClH/c1-16-8-5-6-4-7(12(14)15)13-9(6)11(18-3)10(8)17-2;/h4-5,13H,1-3H3,(H,14,15);1H. The first kappa shape index (κ1) is 15.0. The number of benzene rings is 1. The predicted molar refractivity (Wildman–Crippen MR) is 72.2 cm³/mol. The Labute approximate surface area is 115 Å². The Bertz CT molecular complexity index is 608. The van der Waals surface area contributed by atoms with E-state index >= 15 is 0 Å². The van der Waals surface area contributed by atoms with Crippen molar-refractivity contribution in [2.75, 3.05) is 21.3 Å². The molecule has 0 atom stereocenters. The van der Waals surface area contributed by atoms with Crippen LogP contribution < -0.4 is 14.2 Å². The van der Waals surface area contributed by atoms with Gasteiger partial charge in [0.2, 0.25) is 5.75 Å². The Balaban J connectivity index is 0.00000180. The molecule has 2 rings (SSSR count). The summed E-state index contributed by atoms with van der Waals surface area (Å²) >= 11 is 0. The highest BCUT2D eigenvalue weighted by atomic mass is 35.5. The summed E-state index contributed by atoms with van der Waals surface area (Å²) in [6.07, 6.45) is 0. The van der Waals surface area contributed by atoms with Gasteiger partial charge in [-0.25, -0.2) is 4.79 Å². The van der Waals surface area contributed by atoms with Gasteiger partial charge >= 0.3 is 5.97 Å². The molecule has 0 bridgehead atoms. The highest BCUT2D eigenvalue weighted by Gasteiger charge is 2.19. The summed E-state index contributed by atoms with van der Waals surface area (Å²) in [6, 6.07) is 3.21. The van der Waals surface area contributed by atoms with Crippen molar-refractivity contribution in [3.8, 4) is 17.2 Å². The molecule has 0 fully saturated rings. The fraction of sp³-hybridized carbons (Fsp3) is 0.250. The molecule has 1 heterocycles. The fourth-order valence-electron chi connectivity index (χ4n) is 1.86. The highest BCUT2D eigenvalue weighted by molar-refractivity contribution is 5.98. The summed E-state index contributed by atoms with van der Waals surface area (Å²) < 4.78 is 15.7. The number of carboxylic acids is 1. The number of methoxy groups -OCH3 is 3. The zero-order chi connectivity index (χ0) is 13.3. The second kappa shape index (κ2) is 5.71. The van der Waals surface area contributed by atoms with Gasteiger partial charge in [0, 0.05) is 5.39 Å². The SMILES string of the molecule is COc1cc2cc(C(=O)O)[nH]c2c(OC)c1OC.Cl. The third-order valence-electron chi connectivity index (χ3n) is 2.65. The van der Waals surface area contributed by atoms with E-state index in [0.29, 0.717) is 28.2 Å². The van der Waals surface area contributed by atoms with Gasteiger partial charge in [-0.3, -0.25) is 0 Å². The number of aromatic amines is 1. The van der Waals surface area contributed by atoms with Gasteiger partial charge in [-0.1, -0.05) is 0 Å². The van der Waals surface area contributed by atoms with Crippen molar-refractivity contribution in [3.05, 3.63) is 17.8 Å². The minimum absolute atomic E-state index is 0. The number of halogens is 1. The van der Waals surface area contributed by atoms with E-state index in [0.717, 1.165) is 0 Å². The zero-order valence-electron chi connectivity index (χ0n) is 10.6. The van der Waals surface area contributed by atoms with Crippen LogP contribution in [0.4, 0.5) is 0 Å². The van der Waals surface area contributed by atoms with Crippen molar-refractivity contribution in [2.24, 2.45) is 0 Å². The average molecular weight is 288 g/mol. The van der Waals surface area contributed by atoms with Crippen LogP contribution in [0.5, 0.6) is 17.2 Å². The Morgan fingerprint density at radius 2 is 1.74 bits per heavy atom. The number of aromatic carboxylic acids is 1.